The van der Waals surface area contributed by atoms with Crippen molar-refractivity contribution in [2.45, 2.75) is 172 Å². The van der Waals surface area contributed by atoms with Crippen LogP contribution in [0.2, 0.25) is 0 Å². The van der Waals surface area contributed by atoms with E-state index in [0.717, 1.165) is 12.8 Å². The van der Waals surface area contributed by atoms with E-state index in [1.54, 1.807) is 0 Å². The molecule has 0 aromatic rings. The minimum absolute atomic E-state index is 0.144. The van der Waals surface area contributed by atoms with Crippen molar-refractivity contribution in [3.8, 4) is 0 Å². The predicted octanol–water partition coefficient (Wildman–Crippen LogP) is 8.04. The quantitative estimate of drug-likeness (QED) is 0.0969. The molecule has 3 atom stereocenters. The largest absolute Gasteiger partial charge is 0.457 e. The molecular formula is C32H58O6. The molecule has 38 heavy (non-hydrogen) atoms. The van der Waals surface area contributed by atoms with E-state index < -0.39 is 5.79 Å². The molecule has 6 heteroatoms. The second-order valence-electron chi connectivity index (χ2n) is 11.9. The van der Waals surface area contributed by atoms with E-state index in [2.05, 4.69) is 6.92 Å². The lowest BCUT2D eigenvalue weighted by atomic mass is 10.0. The van der Waals surface area contributed by atoms with Gasteiger partial charge in [0.1, 0.15) is 18.8 Å². The summed E-state index contributed by atoms with van der Waals surface area (Å²) in [6.07, 6.45) is 28.2. The van der Waals surface area contributed by atoms with Crippen molar-refractivity contribution < 1.29 is 28.5 Å². The normalized spacial score (nSPS) is 23.9. The van der Waals surface area contributed by atoms with E-state index in [1.165, 1.54) is 122 Å². The molecule has 3 rings (SSSR count). The number of esters is 1. The van der Waals surface area contributed by atoms with Crippen LogP contribution < -0.4 is 0 Å². The number of carbonyl (C=O) groups excluding carboxylic acids is 1. The molecule has 0 aromatic carbocycles. The maximum absolute atomic E-state index is 12.3. The van der Waals surface area contributed by atoms with Crippen LogP contribution in [0.1, 0.15) is 148 Å². The van der Waals surface area contributed by atoms with Gasteiger partial charge in [-0.1, -0.05) is 135 Å². The van der Waals surface area contributed by atoms with E-state index in [4.69, 9.17) is 23.7 Å². The number of carbonyl (C=O) groups is 1. The molecular weight excluding hydrogens is 480 g/mol. The van der Waals surface area contributed by atoms with Crippen LogP contribution in [0, 0.1) is 0 Å². The average molecular weight is 539 g/mol. The molecule has 0 N–H and O–H groups in total. The summed E-state index contributed by atoms with van der Waals surface area (Å²) in [6, 6.07) is 0. The molecule has 0 bridgehead atoms. The molecule has 3 fully saturated rings. The molecule has 0 aromatic heterocycles. The van der Waals surface area contributed by atoms with Gasteiger partial charge in [-0.2, -0.15) is 0 Å². The average Bonchev–Trinajstić information content (AvgIpc) is 3.65. The smallest absolute Gasteiger partial charge is 0.306 e. The van der Waals surface area contributed by atoms with Crippen LogP contribution in [0.4, 0.5) is 0 Å². The summed E-state index contributed by atoms with van der Waals surface area (Å²) >= 11 is 0. The topological polar surface area (TPSA) is 63.2 Å². The van der Waals surface area contributed by atoms with E-state index in [-0.39, 0.29) is 24.3 Å². The Bertz CT molecular complexity index is 605. The Balaban J connectivity index is 1.02. The number of hydrogen-bond acceptors (Lipinski definition) is 6. The summed E-state index contributed by atoms with van der Waals surface area (Å²) < 4.78 is 28.8. The maximum Gasteiger partial charge on any atom is 0.306 e. The summed E-state index contributed by atoms with van der Waals surface area (Å²) in [5.41, 5.74) is 0. The van der Waals surface area contributed by atoms with Gasteiger partial charge in [-0.3, -0.25) is 4.79 Å². The standard InChI is InChI=1S/C32H58O6/c1-2-3-4-5-6-7-8-9-10-11-12-13-14-15-16-17-18-19-20-21-22-23-29(33)38-28-26-34-31-30(28)35-27-32(31)36-24-25-37-32/h28,30-31H,2-27H2,1H3/t28-,30-,31+/m1/s1. The number of ether oxygens (including phenoxy) is 5. The van der Waals surface area contributed by atoms with Gasteiger partial charge in [0.05, 0.1) is 19.8 Å². The first-order valence-electron chi connectivity index (χ1n) is 16.5. The molecule has 0 amide bonds. The number of unbranched alkanes of at least 4 members (excludes halogenated alkanes) is 20. The highest BCUT2D eigenvalue weighted by Gasteiger charge is 2.61. The number of fused-ring (bicyclic) bond motifs is 2. The van der Waals surface area contributed by atoms with Gasteiger partial charge in [0.15, 0.2) is 6.10 Å². The Kier molecular flexibility index (Phi) is 16.2. The molecule has 0 saturated carbocycles. The SMILES string of the molecule is CCCCCCCCCCCCCCCCCCCCCCCC(=O)O[C@@H]1CO[C@H]2[C@@H]1OCC21OCCO1. The van der Waals surface area contributed by atoms with Crippen molar-refractivity contribution in [1.82, 2.24) is 0 Å². The summed E-state index contributed by atoms with van der Waals surface area (Å²) in [6.45, 7) is 4.10. The third-order valence-electron chi connectivity index (χ3n) is 8.56. The molecule has 0 radical (unpaired) electrons. The fourth-order valence-corrected chi connectivity index (χ4v) is 6.20. The van der Waals surface area contributed by atoms with Crippen molar-refractivity contribution in [1.29, 1.82) is 0 Å². The molecule has 0 unspecified atom stereocenters. The monoisotopic (exact) mass is 538 g/mol. The van der Waals surface area contributed by atoms with Gasteiger partial charge in [-0.15, -0.1) is 0 Å². The van der Waals surface area contributed by atoms with E-state index in [9.17, 15) is 4.79 Å². The van der Waals surface area contributed by atoms with E-state index >= 15 is 0 Å². The van der Waals surface area contributed by atoms with Crippen molar-refractivity contribution >= 4 is 5.97 Å². The Morgan fingerprint density at radius 2 is 1.11 bits per heavy atom. The zero-order valence-electron chi connectivity index (χ0n) is 24.6. The van der Waals surface area contributed by atoms with Crippen LogP contribution >= 0.6 is 0 Å². The first-order chi connectivity index (χ1) is 18.7. The van der Waals surface area contributed by atoms with Gasteiger partial charge in [0.2, 0.25) is 5.79 Å². The van der Waals surface area contributed by atoms with Crippen molar-refractivity contribution in [3.63, 3.8) is 0 Å². The lowest BCUT2D eigenvalue weighted by Crippen LogP contribution is -2.45. The Morgan fingerprint density at radius 1 is 0.658 bits per heavy atom. The highest BCUT2D eigenvalue weighted by molar-refractivity contribution is 5.69. The van der Waals surface area contributed by atoms with Gasteiger partial charge in [-0.25, -0.2) is 0 Å². The first kappa shape index (κ1) is 31.8. The third-order valence-corrected chi connectivity index (χ3v) is 8.56. The first-order valence-corrected chi connectivity index (χ1v) is 16.5. The predicted molar refractivity (Wildman–Crippen MR) is 151 cm³/mol. The minimum Gasteiger partial charge on any atom is -0.457 e. The van der Waals surface area contributed by atoms with Crippen LogP contribution in [-0.2, 0) is 28.5 Å². The van der Waals surface area contributed by atoms with E-state index in [0.29, 0.717) is 32.8 Å². The molecule has 3 aliphatic heterocycles. The van der Waals surface area contributed by atoms with Gasteiger partial charge in [-0.05, 0) is 6.42 Å². The summed E-state index contributed by atoms with van der Waals surface area (Å²) in [4.78, 5) is 12.3. The number of hydrogen-bond donors (Lipinski definition) is 0. The van der Waals surface area contributed by atoms with Crippen molar-refractivity contribution in [2.75, 3.05) is 26.4 Å². The Hall–Kier alpha value is -0.690. The van der Waals surface area contributed by atoms with E-state index in [1.807, 2.05) is 0 Å². The fraction of sp³-hybridized carbons (Fsp3) is 0.969. The van der Waals surface area contributed by atoms with Crippen LogP contribution in [0.25, 0.3) is 0 Å². The zero-order valence-corrected chi connectivity index (χ0v) is 24.6. The molecule has 3 saturated heterocycles. The summed E-state index contributed by atoms with van der Waals surface area (Å²) in [7, 11) is 0. The highest BCUT2D eigenvalue weighted by atomic mass is 16.8. The second-order valence-corrected chi connectivity index (χ2v) is 11.9. The minimum atomic E-state index is -0.793. The Morgan fingerprint density at radius 3 is 1.58 bits per heavy atom. The van der Waals surface area contributed by atoms with Crippen molar-refractivity contribution in [2.24, 2.45) is 0 Å². The molecule has 6 nitrogen and oxygen atoms in total. The molecule has 3 aliphatic rings. The van der Waals surface area contributed by atoms with Crippen LogP contribution in [0.15, 0.2) is 0 Å². The van der Waals surface area contributed by atoms with Crippen LogP contribution in [0.5, 0.6) is 0 Å². The second kappa shape index (κ2) is 19.4. The van der Waals surface area contributed by atoms with Gasteiger partial charge in [0.25, 0.3) is 0 Å². The molecule has 0 aliphatic carbocycles. The van der Waals surface area contributed by atoms with Gasteiger partial charge < -0.3 is 23.7 Å². The number of rotatable bonds is 23. The third kappa shape index (κ3) is 11.4. The Labute approximate surface area is 233 Å². The molecule has 1 spiro atoms. The van der Waals surface area contributed by atoms with Gasteiger partial charge in [0, 0.05) is 6.42 Å². The molecule has 222 valence electrons. The fourth-order valence-electron chi connectivity index (χ4n) is 6.20. The van der Waals surface area contributed by atoms with Crippen molar-refractivity contribution in [3.05, 3.63) is 0 Å². The summed E-state index contributed by atoms with van der Waals surface area (Å²) in [5.74, 6) is -0.937. The summed E-state index contributed by atoms with van der Waals surface area (Å²) in [5, 5.41) is 0. The lowest BCUT2D eigenvalue weighted by molar-refractivity contribution is -0.207. The van der Waals surface area contributed by atoms with Gasteiger partial charge >= 0.3 is 5.97 Å². The highest BCUT2D eigenvalue weighted by Crippen LogP contribution is 2.40. The molecule has 3 heterocycles. The van der Waals surface area contributed by atoms with Crippen LogP contribution in [0.3, 0.4) is 0 Å². The maximum atomic E-state index is 12.3. The zero-order chi connectivity index (χ0) is 26.7. The van der Waals surface area contributed by atoms with Crippen LogP contribution in [-0.4, -0.2) is 56.5 Å². The lowest BCUT2D eigenvalue weighted by Gasteiger charge is -2.25.